The topological polar surface area (TPSA) is 77.4 Å². The molecule has 1 fully saturated rings. The molecule has 4 heterocycles. The molecule has 4 rings (SSSR count). The molecule has 0 bridgehead atoms. The predicted octanol–water partition coefficient (Wildman–Crippen LogP) is 3.08. The van der Waals surface area contributed by atoms with Gasteiger partial charge in [0.25, 0.3) is 0 Å². The summed E-state index contributed by atoms with van der Waals surface area (Å²) in [5.74, 6) is 2.45. The molecule has 1 aliphatic heterocycles. The van der Waals surface area contributed by atoms with E-state index in [0.29, 0.717) is 24.0 Å². The molecule has 0 spiro atoms. The quantitative estimate of drug-likeness (QED) is 0.706. The van der Waals surface area contributed by atoms with Crippen molar-refractivity contribution in [2.75, 3.05) is 13.1 Å². The first-order valence-electron chi connectivity index (χ1n) is 8.45. The van der Waals surface area contributed by atoms with Gasteiger partial charge in [-0.2, -0.15) is 4.98 Å². The fraction of sp³-hybridized carbons (Fsp3) is 0.389. The molecule has 25 heavy (non-hydrogen) atoms. The van der Waals surface area contributed by atoms with Gasteiger partial charge in [0.05, 0.1) is 12.8 Å². The number of rotatable bonds is 5. The summed E-state index contributed by atoms with van der Waals surface area (Å²) in [6, 6.07) is 7.56. The van der Waals surface area contributed by atoms with Crippen LogP contribution in [0.4, 0.5) is 0 Å². The van der Waals surface area contributed by atoms with Crippen LogP contribution in [0.25, 0.3) is 11.6 Å². The van der Waals surface area contributed by atoms with Crippen LogP contribution in [0.5, 0.6) is 5.88 Å². The average molecular weight is 340 g/mol. The van der Waals surface area contributed by atoms with Crippen LogP contribution >= 0.6 is 0 Å². The SMILES string of the molecule is Cc1cccnc1OC1CCN(Cc2nc(-c3ccco3)no2)CC1. The summed E-state index contributed by atoms with van der Waals surface area (Å²) in [6.45, 7) is 4.51. The number of aryl methyl sites for hydroxylation is 1. The zero-order valence-corrected chi connectivity index (χ0v) is 14.1. The summed E-state index contributed by atoms with van der Waals surface area (Å²) in [5, 5.41) is 3.97. The minimum absolute atomic E-state index is 0.200. The summed E-state index contributed by atoms with van der Waals surface area (Å²) in [7, 11) is 0. The monoisotopic (exact) mass is 340 g/mol. The number of hydrogen-bond acceptors (Lipinski definition) is 7. The second-order valence-electron chi connectivity index (χ2n) is 6.21. The number of furan rings is 1. The van der Waals surface area contributed by atoms with Crippen LogP contribution < -0.4 is 4.74 Å². The van der Waals surface area contributed by atoms with Crippen LogP contribution in [0.1, 0.15) is 24.3 Å². The van der Waals surface area contributed by atoms with E-state index in [1.807, 2.05) is 25.1 Å². The van der Waals surface area contributed by atoms with Gasteiger partial charge in [0.1, 0.15) is 6.10 Å². The van der Waals surface area contributed by atoms with Crippen molar-refractivity contribution in [1.29, 1.82) is 0 Å². The zero-order chi connectivity index (χ0) is 17.1. The third-order valence-electron chi connectivity index (χ3n) is 4.34. The molecule has 0 aliphatic carbocycles. The highest BCUT2D eigenvalue weighted by molar-refractivity contribution is 5.44. The van der Waals surface area contributed by atoms with Crippen molar-refractivity contribution in [2.45, 2.75) is 32.4 Å². The number of pyridine rings is 1. The Labute approximate surface area is 145 Å². The first-order valence-corrected chi connectivity index (χ1v) is 8.45. The van der Waals surface area contributed by atoms with E-state index < -0.39 is 0 Å². The fourth-order valence-electron chi connectivity index (χ4n) is 2.95. The molecule has 0 unspecified atom stereocenters. The molecule has 1 saturated heterocycles. The highest BCUT2D eigenvalue weighted by atomic mass is 16.5. The molecule has 130 valence electrons. The van der Waals surface area contributed by atoms with E-state index in [-0.39, 0.29) is 6.10 Å². The van der Waals surface area contributed by atoms with E-state index in [2.05, 4.69) is 20.0 Å². The van der Waals surface area contributed by atoms with Crippen molar-refractivity contribution < 1.29 is 13.7 Å². The van der Waals surface area contributed by atoms with Gasteiger partial charge in [0, 0.05) is 24.8 Å². The molecule has 7 heteroatoms. The largest absolute Gasteiger partial charge is 0.474 e. The Bertz CT molecular complexity index is 807. The Kier molecular flexibility index (Phi) is 4.47. The van der Waals surface area contributed by atoms with E-state index in [0.717, 1.165) is 37.4 Å². The van der Waals surface area contributed by atoms with E-state index in [1.54, 1.807) is 18.5 Å². The standard InChI is InChI=1S/C18H20N4O3/c1-13-4-2-8-19-18(13)24-14-6-9-22(10-7-14)12-16-20-17(21-25-16)15-5-3-11-23-15/h2-5,8,11,14H,6-7,9-10,12H2,1H3. The van der Waals surface area contributed by atoms with Crippen LogP contribution in [0, 0.1) is 6.92 Å². The van der Waals surface area contributed by atoms with Gasteiger partial charge in [-0.1, -0.05) is 11.2 Å². The van der Waals surface area contributed by atoms with Crippen molar-refractivity contribution in [3.05, 3.63) is 48.2 Å². The molecule has 0 radical (unpaired) electrons. The Morgan fingerprint density at radius 3 is 2.88 bits per heavy atom. The molecule has 0 saturated carbocycles. The average Bonchev–Trinajstić information content (AvgIpc) is 3.30. The Hall–Kier alpha value is -2.67. The van der Waals surface area contributed by atoms with Crippen LogP contribution in [-0.2, 0) is 6.54 Å². The van der Waals surface area contributed by atoms with Crippen LogP contribution in [0.3, 0.4) is 0 Å². The first kappa shape index (κ1) is 15.8. The normalized spacial score (nSPS) is 16.2. The minimum atomic E-state index is 0.200. The van der Waals surface area contributed by atoms with Crippen molar-refractivity contribution >= 4 is 0 Å². The zero-order valence-electron chi connectivity index (χ0n) is 14.1. The van der Waals surface area contributed by atoms with E-state index >= 15 is 0 Å². The van der Waals surface area contributed by atoms with E-state index in [4.69, 9.17) is 13.7 Å². The predicted molar refractivity (Wildman–Crippen MR) is 89.9 cm³/mol. The molecule has 3 aromatic heterocycles. The lowest BCUT2D eigenvalue weighted by atomic mass is 10.1. The summed E-state index contributed by atoms with van der Waals surface area (Å²) in [4.78, 5) is 11.0. The third-order valence-corrected chi connectivity index (χ3v) is 4.34. The van der Waals surface area contributed by atoms with Crippen LogP contribution in [0.2, 0.25) is 0 Å². The van der Waals surface area contributed by atoms with Crippen LogP contribution in [0.15, 0.2) is 45.7 Å². The maximum absolute atomic E-state index is 6.04. The molecule has 7 nitrogen and oxygen atoms in total. The second kappa shape index (κ2) is 7.06. The number of likely N-dealkylation sites (tertiary alicyclic amines) is 1. The van der Waals surface area contributed by atoms with Gasteiger partial charge >= 0.3 is 0 Å². The van der Waals surface area contributed by atoms with Gasteiger partial charge in [-0.05, 0) is 38.0 Å². The van der Waals surface area contributed by atoms with E-state index in [1.165, 1.54) is 0 Å². The van der Waals surface area contributed by atoms with Crippen LogP contribution in [-0.4, -0.2) is 39.2 Å². The number of ether oxygens (including phenoxy) is 1. The molecule has 0 amide bonds. The lowest BCUT2D eigenvalue weighted by Gasteiger charge is -2.31. The summed E-state index contributed by atoms with van der Waals surface area (Å²) in [5.41, 5.74) is 1.07. The van der Waals surface area contributed by atoms with E-state index in [9.17, 15) is 0 Å². The number of nitrogens with zero attached hydrogens (tertiary/aromatic N) is 4. The maximum atomic E-state index is 6.04. The summed E-state index contributed by atoms with van der Waals surface area (Å²) < 4.78 is 16.6. The maximum Gasteiger partial charge on any atom is 0.241 e. The summed E-state index contributed by atoms with van der Waals surface area (Å²) in [6.07, 6.45) is 5.47. The van der Waals surface area contributed by atoms with Gasteiger partial charge in [-0.25, -0.2) is 4.98 Å². The molecule has 0 N–H and O–H groups in total. The fourth-order valence-corrected chi connectivity index (χ4v) is 2.95. The lowest BCUT2D eigenvalue weighted by Crippen LogP contribution is -2.38. The number of piperidine rings is 1. The summed E-state index contributed by atoms with van der Waals surface area (Å²) >= 11 is 0. The van der Waals surface area contributed by atoms with Gasteiger partial charge in [0.15, 0.2) is 5.76 Å². The molecule has 3 aromatic rings. The lowest BCUT2D eigenvalue weighted by molar-refractivity contribution is 0.0866. The van der Waals surface area contributed by atoms with Crippen molar-refractivity contribution in [3.8, 4) is 17.5 Å². The molecule has 0 aromatic carbocycles. The van der Waals surface area contributed by atoms with Crippen molar-refractivity contribution in [1.82, 2.24) is 20.0 Å². The molecule has 0 atom stereocenters. The number of aromatic nitrogens is 3. The van der Waals surface area contributed by atoms with Gasteiger partial charge in [-0.15, -0.1) is 0 Å². The second-order valence-corrected chi connectivity index (χ2v) is 6.21. The Morgan fingerprint density at radius 1 is 1.24 bits per heavy atom. The molecular weight excluding hydrogens is 320 g/mol. The molecule has 1 aliphatic rings. The first-order chi connectivity index (χ1) is 12.3. The van der Waals surface area contributed by atoms with Gasteiger partial charge < -0.3 is 13.7 Å². The smallest absolute Gasteiger partial charge is 0.241 e. The van der Waals surface area contributed by atoms with Crippen molar-refractivity contribution in [2.24, 2.45) is 0 Å². The van der Waals surface area contributed by atoms with Gasteiger partial charge in [-0.3, -0.25) is 4.90 Å². The highest BCUT2D eigenvalue weighted by Gasteiger charge is 2.23. The van der Waals surface area contributed by atoms with Crippen molar-refractivity contribution in [3.63, 3.8) is 0 Å². The number of hydrogen-bond donors (Lipinski definition) is 0. The Balaban J connectivity index is 1.30. The molecular formula is C18H20N4O3. The third kappa shape index (κ3) is 3.71. The highest BCUT2D eigenvalue weighted by Crippen LogP contribution is 2.21. The van der Waals surface area contributed by atoms with Gasteiger partial charge in [0.2, 0.25) is 17.6 Å². The Morgan fingerprint density at radius 2 is 2.12 bits per heavy atom. The minimum Gasteiger partial charge on any atom is -0.474 e.